The Hall–Kier alpha value is -3.60. The lowest BCUT2D eigenvalue weighted by Gasteiger charge is -2.15. The maximum absolute atomic E-state index is 10.1. The fraction of sp³-hybridized carbons (Fsp3) is 0.200. The van der Waals surface area contributed by atoms with Crippen LogP contribution in [0.15, 0.2) is 60.7 Å². The summed E-state index contributed by atoms with van der Waals surface area (Å²) in [6.45, 7) is 0.548. The summed E-state index contributed by atoms with van der Waals surface area (Å²) in [5, 5.41) is 13.5. The number of nitrogens with one attached hydrogen (secondary N) is 1. The van der Waals surface area contributed by atoms with E-state index in [1.54, 1.807) is 20.3 Å². The zero-order valence-electron chi connectivity index (χ0n) is 17.8. The van der Waals surface area contributed by atoms with E-state index in [0.717, 1.165) is 39.6 Å². The van der Waals surface area contributed by atoms with Gasteiger partial charge < -0.3 is 24.8 Å². The highest BCUT2D eigenvalue weighted by molar-refractivity contribution is 5.71. The van der Waals surface area contributed by atoms with Crippen LogP contribution in [0.2, 0.25) is 0 Å². The van der Waals surface area contributed by atoms with Crippen molar-refractivity contribution in [3.63, 3.8) is 0 Å². The van der Waals surface area contributed by atoms with Crippen molar-refractivity contribution < 1.29 is 14.6 Å². The molecular weight excluding hydrogens is 376 g/mol. The van der Waals surface area contributed by atoms with Crippen LogP contribution >= 0.6 is 0 Å². The van der Waals surface area contributed by atoms with Crippen LogP contribution in [-0.4, -0.2) is 33.4 Å². The third kappa shape index (κ3) is 5.47. The van der Waals surface area contributed by atoms with Gasteiger partial charge in [0, 0.05) is 43.6 Å². The van der Waals surface area contributed by atoms with Crippen molar-refractivity contribution in [1.82, 2.24) is 0 Å². The van der Waals surface area contributed by atoms with E-state index in [4.69, 9.17) is 9.47 Å². The number of anilines is 2. The Morgan fingerprint density at radius 1 is 0.833 bits per heavy atom. The van der Waals surface area contributed by atoms with E-state index in [1.165, 1.54) is 0 Å². The minimum atomic E-state index is 0.293. The first-order valence-electron chi connectivity index (χ1n) is 9.73. The van der Waals surface area contributed by atoms with Gasteiger partial charge in [-0.05, 0) is 53.6 Å². The molecule has 5 heteroatoms. The molecular formula is C25H28N2O3. The van der Waals surface area contributed by atoms with Gasteiger partial charge in [-0.25, -0.2) is 0 Å². The molecule has 0 atom stereocenters. The van der Waals surface area contributed by atoms with Crippen LogP contribution in [0, 0.1) is 0 Å². The van der Waals surface area contributed by atoms with E-state index < -0.39 is 0 Å². The zero-order valence-corrected chi connectivity index (χ0v) is 17.8. The van der Waals surface area contributed by atoms with Crippen molar-refractivity contribution in [1.29, 1.82) is 0 Å². The maximum Gasteiger partial charge on any atom is 0.123 e. The Labute approximate surface area is 178 Å². The molecule has 0 saturated carbocycles. The van der Waals surface area contributed by atoms with Gasteiger partial charge in [-0.3, -0.25) is 0 Å². The van der Waals surface area contributed by atoms with E-state index in [0.29, 0.717) is 12.3 Å². The van der Waals surface area contributed by atoms with Crippen LogP contribution in [0.4, 0.5) is 11.4 Å². The number of aromatic hydroxyl groups is 1. The SMILES string of the molecule is COc1cc(C=Cc2ccc(NCc3cc(N(C)C)ccc3O)cc2)cc(OC)c1. The number of methoxy groups -OCH3 is 2. The van der Waals surface area contributed by atoms with Crippen LogP contribution in [0.5, 0.6) is 17.2 Å². The van der Waals surface area contributed by atoms with Crippen molar-refractivity contribution in [2.24, 2.45) is 0 Å². The molecule has 0 aliphatic rings. The number of phenolic OH excluding ortho intramolecular Hbond substituents is 1. The van der Waals surface area contributed by atoms with E-state index in [9.17, 15) is 5.11 Å². The first-order valence-corrected chi connectivity index (χ1v) is 9.73. The monoisotopic (exact) mass is 404 g/mol. The summed E-state index contributed by atoms with van der Waals surface area (Å²) in [5.74, 6) is 1.81. The van der Waals surface area contributed by atoms with Crippen LogP contribution in [0.3, 0.4) is 0 Å². The van der Waals surface area contributed by atoms with Gasteiger partial charge >= 0.3 is 0 Å². The molecule has 156 valence electrons. The minimum absolute atomic E-state index is 0.293. The first kappa shape index (κ1) is 21.1. The van der Waals surface area contributed by atoms with Crippen LogP contribution < -0.4 is 19.7 Å². The predicted molar refractivity (Wildman–Crippen MR) is 125 cm³/mol. The average Bonchev–Trinajstić information content (AvgIpc) is 2.77. The Bertz CT molecular complexity index is 989. The number of hydrogen-bond donors (Lipinski definition) is 2. The predicted octanol–water partition coefficient (Wildman–Crippen LogP) is 5.26. The third-order valence-corrected chi connectivity index (χ3v) is 4.82. The largest absolute Gasteiger partial charge is 0.508 e. The summed E-state index contributed by atoms with van der Waals surface area (Å²) in [6.07, 6.45) is 4.07. The first-order chi connectivity index (χ1) is 14.5. The molecule has 0 aliphatic carbocycles. The van der Waals surface area contributed by atoms with Gasteiger partial charge in [0.05, 0.1) is 14.2 Å². The highest BCUT2D eigenvalue weighted by atomic mass is 16.5. The number of benzene rings is 3. The molecule has 0 fully saturated rings. The second kappa shape index (κ2) is 9.74. The molecule has 0 bridgehead atoms. The highest BCUT2D eigenvalue weighted by Gasteiger charge is 2.04. The second-order valence-corrected chi connectivity index (χ2v) is 7.16. The zero-order chi connectivity index (χ0) is 21.5. The quantitative estimate of drug-likeness (QED) is 0.502. The molecule has 3 aromatic rings. The van der Waals surface area contributed by atoms with E-state index in [1.807, 2.05) is 85.7 Å². The number of rotatable bonds is 8. The third-order valence-electron chi connectivity index (χ3n) is 4.82. The van der Waals surface area contributed by atoms with Gasteiger partial charge in [-0.1, -0.05) is 24.3 Å². The molecule has 0 unspecified atom stereocenters. The fourth-order valence-corrected chi connectivity index (χ4v) is 3.02. The van der Waals surface area contributed by atoms with Crippen LogP contribution in [0.25, 0.3) is 12.2 Å². The molecule has 0 heterocycles. The normalized spacial score (nSPS) is 10.8. The molecule has 30 heavy (non-hydrogen) atoms. The Morgan fingerprint density at radius 3 is 2.07 bits per heavy atom. The smallest absolute Gasteiger partial charge is 0.123 e. The molecule has 0 amide bonds. The lowest BCUT2D eigenvalue weighted by molar-refractivity contribution is 0.394. The molecule has 0 aromatic heterocycles. The van der Waals surface area contributed by atoms with Crippen molar-refractivity contribution >= 4 is 23.5 Å². The molecule has 3 aromatic carbocycles. The van der Waals surface area contributed by atoms with Crippen molar-refractivity contribution in [2.75, 3.05) is 38.5 Å². The lowest BCUT2D eigenvalue weighted by atomic mass is 10.1. The number of phenols is 1. The van der Waals surface area contributed by atoms with E-state index in [-0.39, 0.29) is 0 Å². The molecule has 0 saturated heterocycles. The van der Waals surface area contributed by atoms with Gasteiger partial charge in [0.2, 0.25) is 0 Å². The van der Waals surface area contributed by atoms with Crippen LogP contribution in [0.1, 0.15) is 16.7 Å². The Balaban J connectivity index is 1.66. The van der Waals surface area contributed by atoms with Gasteiger partial charge in [0.1, 0.15) is 17.2 Å². The van der Waals surface area contributed by atoms with Crippen molar-refractivity contribution in [3.8, 4) is 17.2 Å². The highest BCUT2D eigenvalue weighted by Crippen LogP contribution is 2.25. The molecule has 0 radical (unpaired) electrons. The topological polar surface area (TPSA) is 54.0 Å². The van der Waals surface area contributed by atoms with Gasteiger partial charge in [0.25, 0.3) is 0 Å². The summed E-state index contributed by atoms with van der Waals surface area (Å²) in [7, 11) is 7.25. The van der Waals surface area contributed by atoms with Gasteiger partial charge in [-0.2, -0.15) is 0 Å². The lowest BCUT2D eigenvalue weighted by Crippen LogP contribution is -2.09. The van der Waals surface area contributed by atoms with Crippen molar-refractivity contribution in [2.45, 2.75) is 6.54 Å². The minimum Gasteiger partial charge on any atom is -0.508 e. The Kier molecular flexibility index (Phi) is 6.86. The number of ether oxygens (including phenoxy) is 2. The summed E-state index contributed by atoms with van der Waals surface area (Å²) < 4.78 is 10.6. The summed E-state index contributed by atoms with van der Waals surface area (Å²) in [6, 6.07) is 19.5. The fourth-order valence-electron chi connectivity index (χ4n) is 3.02. The standard InChI is InChI=1S/C25H28N2O3/c1-27(2)22-11-12-25(28)20(15-22)17-26-21-9-7-18(8-10-21)5-6-19-13-23(29-3)16-24(14-19)30-4/h5-16,26,28H,17H2,1-4H3. The molecule has 5 nitrogen and oxygen atoms in total. The number of nitrogens with zero attached hydrogens (tertiary/aromatic N) is 1. The van der Waals surface area contributed by atoms with Gasteiger partial charge in [-0.15, -0.1) is 0 Å². The van der Waals surface area contributed by atoms with E-state index >= 15 is 0 Å². The summed E-state index contributed by atoms with van der Waals surface area (Å²) in [4.78, 5) is 2.02. The molecule has 0 spiro atoms. The molecule has 2 N–H and O–H groups in total. The molecule has 3 rings (SSSR count). The second-order valence-electron chi connectivity index (χ2n) is 7.16. The summed E-state index contributed by atoms with van der Waals surface area (Å²) in [5.41, 5.74) is 4.99. The Morgan fingerprint density at radius 2 is 1.47 bits per heavy atom. The average molecular weight is 405 g/mol. The number of hydrogen-bond acceptors (Lipinski definition) is 5. The van der Waals surface area contributed by atoms with Gasteiger partial charge in [0.15, 0.2) is 0 Å². The maximum atomic E-state index is 10.1. The van der Waals surface area contributed by atoms with Crippen LogP contribution in [-0.2, 0) is 6.54 Å². The summed E-state index contributed by atoms with van der Waals surface area (Å²) >= 11 is 0. The molecule has 0 aliphatic heterocycles. The van der Waals surface area contributed by atoms with Crippen molar-refractivity contribution in [3.05, 3.63) is 77.4 Å². The van der Waals surface area contributed by atoms with E-state index in [2.05, 4.69) is 5.32 Å².